The molecule has 0 spiro atoms. The SMILES string of the molecule is O=C(CC1CCCC(=O)N1)Nc1ccc(Cl)cc1OCC(F)F. The largest absolute Gasteiger partial charge is 0.485 e. The highest BCUT2D eigenvalue weighted by Crippen LogP contribution is 2.29. The highest BCUT2D eigenvalue weighted by molar-refractivity contribution is 6.30. The maximum atomic E-state index is 12.3. The van der Waals surface area contributed by atoms with Crippen LogP contribution in [0.2, 0.25) is 5.02 Å². The van der Waals surface area contributed by atoms with Crippen molar-refractivity contribution in [3.8, 4) is 5.75 Å². The first-order valence-electron chi connectivity index (χ1n) is 7.24. The van der Waals surface area contributed by atoms with Crippen LogP contribution < -0.4 is 15.4 Å². The fraction of sp³-hybridized carbons (Fsp3) is 0.467. The van der Waals surface area contributed by atoms with E-state index in [1.807, 2.05) is 0 Å². The van der Waals surface area contributed by atoms with Gasteiger partial charge < -0.3 is 15.4 Å². The average Bonchev–Trinajstić information content (AvgIpc) is 2.47. The Bertz CT molecular complexity index is 584. The number of halogens is 3. The van der Waals surface area contributed by atoms with E-state index in [2.05, 4.69) is 10.6 Å². The lowest BCUT2D eigenvalue weighted by Crippen LogP contribution is -2.40. The van der Waals surface area contributed by atoms with Crippen molar-refractivity contribution in [3.63, 3.8) is 0 Å². The summed E-state index contributed by atoms with van der Waals surface area (Å²) in [7, 11) is 0. The molecule has 1 atom stereocenters. The van der Waals surface area contributed by atoms with E-state index in [9.17, 15) is 18.4 Å². The van der Waals surface area contributed by atoms with Gasteiger partial charge in [-0.15, -0.1) is 0 Å². The monoisotopic (exact) mass is 346 g/mol. The number of hydrogen-bond donors (Lipinski definition) is 2. The Balaban J connectivity index is 1.97. The quantitative estimate of drug-likeness (QED) is 0.832. The third kappa shape index (κ3) is 5.67. The molecule has 126 valence electrons. The zero-order chi connectivity index (χ0) is 16.8. The van der Waals surface area contributed by atoms with Crippen molar-refractivity contribution in [2.24, 2.45) is 0 Å². The minimum absolute atomic E-state index is 0.0681. The number of nitrogens with one attached hydrogen (secondary N) is 2. The summed E-state index contributed by atoms with van der Waals surface area (Å²) in [6, 6.07) is 4.16. The minimum atomic E-state index is -2.63. The lowest BCUT2D eigenvalue weighted by atomic mass is 10.0. The number of anilines is 1. The third-order valence-corrected chi connectivity index (χ3v) is 3.57. The van der Waals surface area contributed by atoms with E-state index in [1.54, 1.807) is 0 Å². The molecule has 1 aliphatic heterocycles. The van der Waals surface area contributed by atoms with Gasteiger partial charge in [-0.1, -0.05) is 11.6 Å². The molecule has 23 heavy (non-hydrogen) atoms. The fourth-order valence-corrected chi connectivity index (χ4v) is 2.49. The van der Waals surface area contributed by atoms with Gasteiger partial charge in [0.1, 0.15) is 12.4 Å². The maximum absolute atomic E-state index is 12.3. The molecule has 2 rings (SSSR count). The van der Waals surface area contributed by atoms with Crippen LogP contribution in [0.5, 0.6) is 5.75 Å². The number of carbonyl (C=O) groups is 2. The molecule has 1 aromatic rings. The molecule has 0 aromatic heterocycles. The van der Waals surface area contributed by atoms with Gasteiger partial charge in [-0.05, 0) is 25.0 Å². The van der Waals surface area contributed by atoms with Crippen LogP contribution in [0.4, 0.5) is 14.5 Å². The van der Waals surface area contributed by atoms with Crippen molar-refractivity contribution in [2.45, 2.75) is 38.2 Å². The Morgan fingerprint density at radius 2 is 2.26 bits per heavy atom. The first-order chi connectivity index (χ1) is 10.9. The number of rotatable bonds is 6. The van der Waals surface area contributed by atoms with Crippen LogP contribution >= 0.6 is 11.6 Å². The second-order valence-electron chi connectivity index (χ2n) is 5.25. The smallest absolute Gasteiger partial charge is 0.272 e. The van der Waals surface area contributed by atoms with Crippen molar-refractivity contribution >= 4 is 29.1 Å². The van der Waals surface area contributed by atoms with Crippen LogP contribution in [0.15, 0.2) is 18.2 Å². The summed E-state index contributed by atoms with van der Waals surface area (Å²) in [6.45, 7) is -0.790. The molecule has 0 saturated carbocycles. The fourth-order valence-electron chi connectivity index (χ4n) is 2.33. The molecule has 1 fully saturated rings. The molecule has 1 saturated heterocycles. The number of ether oxygens (including phenoxy) is 1. The van der Waals surface area contributed by atoms with Gasteiger partial charge in [0, 0.05) is 30.0 Å². The van der Waals surface area contributed by atoms with Crippen molar-refractivity contribution in [3.05, 3.63) is 23.2 Å². The number of piperidine rings is 1. The number of alkyl halides is 2. The Labute approximate surface area is 137 Å². The van der Waals surface area contributed by atoms with Gasteiger partial charge in [-0.25, -0.2) is 8.78 Å². The van der Waals surface area contributed by atoms with Gasteiger partial charge in [0.2, 0.25) is 11.8 Å². The van der Waals surface area contributed by atoms with Gasteiger partial charge in [0.25, 0.3) is 6.43 Å². The Kier molecular flexibility index (Phi) is 6.15. The van der Waals surface area contributed by atoms with Gasteiger partial charge >= 0.3 is 0 Å². The zero-order valence-electron chi connectivity index (χ0n) is 12.3. The molecule has 2 N–H and O–H groups in total. The van der Waals surface area contributed by atoms with Crippen LogP contribution in [0, 0.1) is 0 Å². The van der Waals surface area contributed by atoms with Crippen molar-refractivity contribution in [1.29, 1.82) is 0 Å². The molecule has 1 unspecified atom stereocenters. The van der Waals surface area contributed by atoms with Crippen molar-refractivity contribution < 1.29 is 23.1 Å². The number of benzene rings is 1. The van der Waals surface area contributed by atoms with Gasteiger partial charge in [0.15, 0.2) is 0 Å². The zero-order valence-corrected chi connectivity index (χ0v) is 13.0. The summed E-state index contributed by atoms with van der Waals surface area (Å²) in [6.07, 6.45) is -0.569. The van der Waals surface area contributed by atoms with Crippen LogP contribution in [0.3, 0.4) is 0 Å². The predicted molar refractivity (Wildman–Crippen MR) is 82.0 cm³/mol. The van der Waals surface area contributed by atoms with Gasteiger partial charge in [-0.3, -0.25) is 9.59 Å². The van der Waals surface area contributed by atoms with Gasteiger partial charge in [0.05, 0.1) is 5.69 Å². The summed E-state index contributed by atoms with van der Waals surface area (Å²) in [5.41, 5.74) is 0.266. The molecular formula is C15H17ClF2N2O3. The molecule has 0 bridgehead atoms. The molecule has 8 heteroatoms. The maximum Gasteiger partial charge on any atom is 0.272 e. The summed E-state index contributed by atoms with van der Waals surface area (Å²) >= 11 is 5.81. The number of amides is 2. The second kappa shape index (κ2) is 8.10. The summed E-state index contributed by atoms with van der Waals surface area (Å²) in [5.74, 6) is -0.318. The molecule has 1 aromatic carbocycles. The highest BCUT2D eigenvalue weighted by atomic mass is 35.5. The summed E-state index contributed by atoms with van der Waals surface area (Å²) in [4.78, 5) is 23.4. The minimum Gasteiger partial charge on any atom is -0.485 e. The Hall–Kier alpha value is -1.89. The van der Waals surface area contributed by atoms with Crippen LogP contribution in [-0.2, 0) is 9.59 Å². The molecular weight excluding hydrogens is 330 g/mol. The van der Waals surface area contributed by atoms with Crippen molar-refractivity contribution in [2.75, 3.05) is 11.9 Å². The lowest BCUT2D eigenvalue weighted by Gasteiger charge is -2.22. The van der Waals surface area contributed by atoms with E-state index in [4.69, 9.17) is 16.3 Å². The van der Waals surface area contributed by atoms with Crippen LogP contribution in [-0.4, -0.2) is 30.9 Å². The van der Waals surface area contributed by atoms with Crippen molar-refractivity contribution in [1.82, 2.24) is 5.32 Å². The molecule has 1 heterocycles. The second-order valence-corrected chi connectivity index (χ2v) is 5.69. The molecule has 2 amide bonds. The first kappa shape index (κ1) is 17.5. The molecule has 0 radical (unpaired) electrons. The third-order valence-electron chi connectivity index (χ3n) is 3.34. The van der Waals surface area contributed by atoms with E-state index in [0.717, 1.165) is 12.8 Å². The number of carbonyl (C=O) groups excluding carboxylic acids is 2. The molecule has 1 aliphatic rings. The van der Waals surface area contributed by atoms with Crippen LogP contribution in [0.1, 0.15) is 25.7 Å². The van der Waals surface area contributed by atoms with Gasteiger partial charge in [-0.2, -0.15) is 0 Å². The van der Waals surface area contributed by atoms with E-state index in [0.29, 0.717) is 11.4 Å². The van der Waals surface area contributed by atoms with E-state index in [-0.39, 0.29) is 35.7 Å². The topological polar surface area (TPSA) is 67.4 Å². The summed E-state index contributed by atoms with van der Waals surface area (Å²) in [5, 5.41) is 5.66. The van der Waals surface area contributed by atoms with Crippen LogP contribution in [0.25, 0.3) is 0 Å². The van der Waals surface area contributed by atoms with E-state index in [1.165, 1.54) is 18.2 Å². The van der Waals surface area contributed by atoms with E-state index < -0.39 is 13.0 Å². The number of hydrogen-bond acceptors (Lipinski definition) is 3. The summed E-state index contributed by atoms with van der Waals surface area (Å²) < 4.78 is 29.5. The Morgan fingerprint density at radius 1 is 1.48 bits per heavy atom. The standard InChI is InChI=1S/C15H17ClF2N2O3/c16-9-4-5-11(12(6-9)23-8-13(17)18)20-15(22)7-10-2-1-3-14(21)19-10/h4-6,10,13H,1-3,7-8H2,(H,19,21)(H,20,22). The highest BCUT2D eigenvalue weighted by Gasteiger charge is 2.21. The molecule has 5 nitrogen and oxygen atoms in total. The van der Waals surface area contributed by atoms with E-state index >= 15 is 0 Å². The normalized spacial score (nSPS) is 17.7. The average molecular weight is 347 g/mol. The predicted octanol–water partition coefficient (Wildman–Crippen LogP) is 2.98. The Morgan fingerprint density at radius 3 is 2.96 bits per heavy atom. The molecule has 0 aliphatic carbocycles. The lowest BCUT2D eigenvalue weighted by molar-refractivity contribution is -0.124. The first-order valence-corrected chi connectivity index (χ1v) is 7.61.